The van der Waals surface area contributed by atoms with E-state index in [9.17, 15) is 0 Å². The van der Waals surface area contributed by atoms with Crippen LogP contribution in [0, 0.1) is 0 Å². The van der Waals surface area contributed by atoms with Crippen LogP contribution in [0.2, 0.25) is 0 Å². The number of benzene rings is 1. The monoisotopic (exact) mass is 200 g/mol. The average Bonchev–Trinajstić information content (AvgIpc) is 2.15. The van der Waals surface area contributed by atoms with Crippen LogP contribution in [-0.4, -0.2) is 13.5 Å². The standard InChI is InChI=1S/C12H17BN2/c1-8-7-12(2,3)14-11-5-4-9(15-13)6-10(8)11/h4-7,14-15H,13H2,1-3H3. The van der Waals surface area contributed by atoms with Crippen molar-refractivity contribution in [3.8, 4) is 0 Å². The second kappa shape index (κ2) is 3.33. The summed E-state index contributed by atoms with van der Waals surface area (Å²) in [6, 6.07) is 6.42. The largest absolute Gasteiger partial charge is 0.434 e. The highest BCUT2D eigenvalue weighted by Gasteiger charge is 2.21. The van der Waals surface area contributed by atoms with Gasteiger partial charge in [0, 0.05) is 16.9 Å². The summed E-state index contributed by atoms with van der Waals surface area (Å²) in [4.78, 5) is 0. The minimum atomic E-state index is 0.0538. The van der Waals surface area contributed by atoms with E-state index in [-0.39, 0.29) is 5.54 Å². The quantitative estimate of drug-likeness (QED) is 0.679. The van der Waals surface area contributed by atoms with Gasteiger partial charge in [0.1, 0.15) is 0 Å². The summed E-state index contributed by atoms with van der Waals surface area (Å²) in [5.74, 6) is 0. The number of fused-ring (bicyclic) bond motifs is 1. The predicted octanol–water partition coefficient (Wildman–Crippen LogP) is 2.25. The maximum absolute atomic E-state index is 3.51. The molecule has 1 aliphatic rings. The lowest BCUT2D eigenvalue weighted by Crippen LogP contribution is -2.31. The van der Waals surface area contributed by atoms with Gasteiger partial charge in [0.2, 0.25) is 7.98 Å². The molecule has 1 aliphatic heterocycles. The molecule has 1 aromatic rings. The zero-order valence-corrected chi connectivity index (χ0v) is 9.81. The average molecular weight is 200 g/mol. The maximum Gasteiger partial charge on any atom is 0.213 e. The summed E-state index contributed by atoms with van der Waals surface area (Å²) in [6.07, 6.45) is 2.27. The molecule has 0 aromatic heterocycles. The van der Waals surface area contributed by atoms with Crippen molar-refractivity contribution in [2.24, 2.45) is 0 Å². The molecule has 0 radical (unpaired) electrons. The molecule has 3 heteroatoms. The zero-order chi connectivity index (χ0) is 11.1. The number of nitrogens with one attached hydrogen (secondary N) is 2. The molecular formula is C12H17BN2. The van der Waals surface area contributed by atoms with Crippen LogP contribution in [0.3, 0.4) is 0 Å². The van der Waals surface area contributed by atoms with Crippen LogP contribution >= 0.6 is 0 Å². The van der Waals surface area contributed by atoms with Gasteiger partial charge in [-0.15, -0.1) is 0 Å². The minimum absolute atomic E-state index is 0.0538. The first-order chi connectivity index (χ1) is 7.02. The first-order valence-corrected chi connectivity index (χ1v) is 5.32. The van der Waals surface area contributed by atoms with E-state index in [4.69, 9.17) is 0 Å². The van der Waals surface area contributed by atoms with Gasteiger partial charge >= 0.3 is 0 Å². The molecule has 0 saturated heterocycles. The maximum atomic E-state index is 3.51. The molecule has 0 amide bonds. The second-order valence-electron chi connectivity index (χ2n) is 4.68. The van der Waals surface area contributed by atoms with Crippen molar-refractivity contribution < 1.29 is 0 Å². The Balaban J connectivity index is 2.51. The van der Waals surface area contributed by atoms with Crippen LogP contribution in [0.25, 0.3) is 5.57 Å². The van der Waals surface area contributed by atoms with Gasteiger partial charge in [-0.05, 0) is 44.5 Å². The van der Waals surface area contributed by atoms with Gasteiger partial charge in [-0.3, -0.25) is 0 Å². The first kappa shape index (κ1) is 10.2. The fourth-order valence-electron chi connectivity index (χ4n) is 2.14. The van der Waals surface area contributed by atoms with Crippen LogP contribution in [-0.2, 0) is 0 Å². The molecule has 0 unspecified atom stereocenters. The summed E-state index contributed by atoms with van der Waals surface area (Å²) in [7, 11) is 1.95. The molecule has 0 atom stereocenters. The Labute approximate surface area is 92.2 Å². The third-order valence-electron chi connectivity index (χ3n) is 2.77. The smallest absolute Gasteiger partial charge is 0.213 e. The minimum Gasteiger partial charge on any atom is -0.434 e. The van der Waals surface area contributed by atoms with Crippen LogP contribution in [0.15, 0.2) is 24.3 Å². The van der Waals surface area contributed by atoms with E-state index in [0.29, 0.717) is 0 Å². The van der Waals surface area contributed by atoms with Gasteiger partial charge in [-0.1, -0.05) is 6.08 Å². The first-order valence-electron chi connectivity index (χ1n) is 5.32. The summed E-state index contributed by atoms with van der Waals surface area (Å²) in [5, 5.41) is 6.68. The molecule has 15 heavy (non-hydrogen) atoms. The molecule has 0 aliphatic carbocycles. The Kier molecular flexibility index (Phi) is 2.26. The lowest BCUT2D eigenvalue weighted by atomic mass is 9.91. The third kappa shape index (κ3) is 1.87. The Morgan fingerprint density at radius 1 is 1.33 bits per heavy atom. The highest BCUT2D eigenvalue weighted by atomic mass is 15.0. The van der Waals surface area contributed by atoms with E-state index in [2.05, 4.69) is 55.6 Å². The zero-order valence-electron chi connectivity index (χ0n) is 9.81. The van der Waals surface area contributed by atoms with Gasteiger partial charge in [-0.2, -0.15) is 0 Å². The van der Waals surface area contributed by atoms with E-state index >= 15 is 0 Å². The molecule has 1 aromatic carbocycles. The Morgan fingerprint density at radius 2 is 2.07 bits per heavy atom. The molecular weight excluding hydrogens is 183 g/mol. The van der Waals surface area contributed by atoms with E-state index in [1.807, 2.05) is 7.98 Å². The molecule has 2 N–H and O–H groups in total. The Morgan fingerprint density at radius 3 is 2.73 bits per heavy atom. The number of anilines is 2. The van der Waals surface area contributed by atoms with Crippen molar-refractivity contribution in [3.63, 3.8) is 0 Å². The molecule has 0 spiro atoms. The highest BCUT2D eigenvalue weighted by Crippen LogP contribution is 2.34. The lowest BCUT2D eigenvalue weighted by molar-refractivity contribution is 0.707. The highest BCUT2D eigenvalue weighted by molar-refractivity contribution is 6.16. The number of allylic oxidation sites excluding steroid dienone is 1. The normalized spacial score (nSPS) is 17.4. The van der Waals surface area contributed by atoms with Crippen molar-refractivity contribution in [3.05, 3.63) is 29.8 Å². The fraction of sp³-hybridized carbons (Fsp3) is 0.333. The molecule has 78 valence electrons. The lowest BCUT2D eigenvalue weighted by Gasteiger charge is -2.31. The van der Waals surface area contributed by atoms with Gasteiger partial charge in [0.15, 0.2) is 0 Å². The number of hydrogen-bond acceptors (Lipinski definition) is 2. The topological polar surface area (TPSA) is 24.1 Å². The van der Waals surface area contributed by atoms with Crippen LogP contribution in [0.5, 0.6) is 0 Å². The molecule has 2 nitrogen and oxygen atoms in total. The number of hydrogen-bond donors (Lipinski definition) is 2. The summed E-state index contributed by atoms with van der Waals surface area (Å²) in [5.41, 5.74) is 5.06. The molecule has 1 heterocycles. The van der Waals surface area contributed by atoms with E-state index in [1.54, 1.807) is 0 Å². The van der Waals surface area contributed by atoms with Crippen LogP contribution < -0.4 is 10.5 Å². The molecule has 0 fully saturated rings. The van der Waals surface area contributed by atoms with Gasteiger partial charge < -0.3 is 10.5 Å². The van der Waals surface area contributed by atoms with Crippen molar-refractivity contribution in [2.45, 2.75) is 26.3 Å². The fourth-order valence-corrected chi connectivity index (χ4v) is 2.14. The van der Waals surface area contributed by atoms with Gasteiger partial charge in [0.05, 0.1) is 5.54 Å². The van der Waals surface area contributed by atoms with Gasteiger partial charge in [-0.25, -0.2) is 0 Å². The number of rotatable bonds is 1. The molecule has 0 saturated carbocycles. The van der Waals surface area contributed by atoms with Crippen LogP contribution in [0.4, 0.5) is 11.4 Å². The van der Waals surface area contributed by atoms with E-state index in [0.717, 1.165) is 5.69 Å². The van der Waals surface area contributed by atoms with Crippen molar-refractivity contribution in [2.75, 3.05) is 10.5 Å². The third-order valence-corrected chi connectivity index (χ3v) is 2.77. The summed E-state index contributed by atoms with van der Waals surface area (Å²) in [6.45, 7) is 6.54. The summed E-state index contributed by atoms with van der Waals surface area (Å²) < 4.78 is 0. The van der Waals surface area contributed by atoms with Crippen molar-refractivity contribution in [1.82, 2.24) is 0 Å². The summed E-state index contributed by atoms with van der Waals surface area (Å²) >= 11 is 0. The Hall–Kier alpha value is -1.38. The van der Waals surface area contributed by atoms with E-state index < -0.39 is 0 Å². The second-order valence-corrected chi connectivity index (χ2v) is 4.68. The van der Waals surface area contributed by atoms with E-state index in [1.165, 1.54) is 16.8 Å². The molecule has 2 rings (SSSR count). The Bertz CT molecular complexity index is 422. The van der Waals surface area contributed by atoms with Crippen LogP contribution in [0.1, 0.15) is 26.3 Å². The van der Waals surface area contributed by atoms with Crippen molar-refractivity contribution in [1.29, 1.82) is 0 Å². The van der Waals surface area contributed by atoms with Gasteiger partial charge in [0.25, 0.3) is 0 Å². The van der Waals surface area contributed by atoms with Crippen molar-refractivity contribution >= 4 is 24.9 Å². The SMILES string of the molecule is BNc1ccc2c(c1)C(C)=CC(C)(C)N2. The predicted molar refractivity (Wildman–Crippen MR) is 70.0 cm³/mol. The molecule has 0 bridgehead atoms.